The van der Waals surface area contributed by atoms with Gasteiger partial charge in [0.25, 0.3) is 0 Å². The van der Waals surface area contributed by atoms with Gasteiger partial charge < -0.3 is 9.84 Å². The van der Waals surface area contributed by atoms with Gasteiger partial charge in [-0.05, 0) is 37.5 Å². The number of aliphatic hydroxyl groups is 1. The van der Waals surface area contributed by atoms with Crippen LogP contribution < -0.4 is 0 Å². The van der Waals surface area contributed by atoms with Gasteiger partial charge in [-0.15, -0.1) is 0 Å². The molecule has 3 atom stereocenters. The average molecular weight is 254 g/mol. The molecule has 106 valence electrons. The number of rotatable bonds is 5. The Kier molecular flexibility index (Phi) is 5.97. The molecule has 0 aliphatic heterocycles. The first-order chi connectivity index (χ1) is 8.81. The molecule has 0 aromatic carbocycles. The minimum atomic E-state index is -0.218. The van der Waals surface area contributed by atoms with Crippen molar-refractivity contribution in [2.75, 3.05) is 6.61 Å². The Morgan fingerprint density at radius 2 is 1.67 bits per heavy atom. The van der Waals surface area contributed by atoms with E-state index in [1.54, 1.807) is 0 Å². The summed E-state index contributed by atoms with van der Waals surface area (Å²) < 4.78 is 6.05. The van der Waals surface area contributed by atoms with Crippen molar-refractivity contribution >= 4 is 0 Å². The predicted octanol–water partition coefficient (Wildman–Crippen LogP) is 3.91. The molecule has 0 aromatic heterocycles. The lowest BCUT2D eigenvalue weighted by atomic mass is 9.84. The van der Waals surface area contributed by atoms with Crippen LogP contribution in [0.4, 0.5) is 0 Å². The molecular formula is C16H30O2. The predicted molar refractivity (Wildman–Crippen MR) is 74.6 cm³/mol. The summed E-state index contributed by atoms with van der Waals surface area (Å²) in [6.45, 7) is 2.84. The van der Waals surface area contributed by atoms with Crippen LogP contribution in [-0.4, -0.2) is 23.9 Å². The van der Waals surface area contributed by atoms with E-state index in [1.807, 2.05) is 0 Å². The fourth-order valence-corrected chi connectivity index (χ4v) is 3.74. The third-order valence-corrected chi connectivity index (χ3v) is 5.04. The number of hydrogen-bond acceptors (Lipinski definition) is 2. The van der Waals surface area contributed by atoms with Crippen LogP contribution in [0.3, 0.4) is 0 Å². The van der Waals surface area contributed by atoms with Gasteiger partial charge in [0.1, 0.15) is 0 Å². The van der Waals surface area contributed by atoms with Crippen LogP contribution in [0.2, 0.25) is 0 Å². The van der Waals surface area contributed by atoms with Crippen LogP contribution in [0.1, 0.15) is 71.1 Å². The molecule has 2 nitrogen and oxygen atoms in total. The number of ether oxygens (including phenoxy) is 1. The van der Waals surface area contributed by atoms with Crippen molar-refractivity contribution < 1.29 is 9.84 Å². The summed E-state index contributed by atoms with van der Waals surface area (Å²) in [7, 11) is 0. The van der Waals surface area contributed by atoms with Gasteiger partial charge in [0.15, 0.2) is 0 Å². The molecule has 2 fully saturated rings. The van der Waals surface area contributed by atoms with Crippen molar-refractivity contribution in [1.29, 1.82) is 0 Å². The average Bonchev–Trinajstić information content (AvgIpc) is 2.46. The van der Waals surface area contributed by atoms with E-state index in [9.17, 15) is 5.11 Å². The maximum atomic E-state index is 10.2. The van der Waals surface area contributed by atoms with Gasteiger partial charge in [0.2, 0.25) is 0 Å². The lowest BCUT2D eigenvalue weighted by molar-refractivity contribution is -0.0687. The van der Waals surface area contributed by atoms with E-state index in [2.05, 4.69) is 6.92 Å². The Morgan fingerprint density at radius 1 is 1.00 bits per heavy atom. The first-order valence-electron chi connectivity index (χ1n) is 8.11. The third-order valence-electron chi connectivity index (χ3n) is 5.04. The maximum absolute atomic E-state index is 10.2. The second-order valence-corrected chi connectivity index (χ2v) is 6.29. The molecule has 2 rings (SSSR count). The van der Waals surface area contributed by atoms with Gasteiger partial charge >= 0.3 is 0 Å². The molecule has 2 saturated carbocycles. The zero-order chi connectivity index (χ0) is 12.8. The lowest BCUT2D eigenvalue weighted by Crippen LogP contribution is -2.33. The summed E-state index contributed by atoms with van der Waals surface area (Å²) >= 11 is 0. The van der Waals surface area contributed by atoms with E-state index in [1.165, 1.54) is 64.2 Å². The Bertz CT molecular complexity index is 223. The molecule has 0 radical (unpaired) electrons. The topological polar surface area (TPSA) is 29.5 Å². The molecule has 2 heteroatoms. The first kappa shape index (κ1) is 14.3. The van der Waals surface area contributed by atoms with Gasteiger partial charge in [-0.25, -0.2) is 0 Å². The monoisotopic (exact) mass is 254 g/mol. The minimum Gasteiger partial charge on any atom is -0.390 e. The van der Waals surface area contributed by atoms with E-state index in [0.29, 0.717) is 18.6 Å². The van der Waals surface area contributed by atoms with Gasteiger partial charge in [0.05, 0.1) is 18.8 Å². The van der Waals surface area contributed by atoms with E-state index in [4.69, 9.17) is 4.74 Å². The third kappa shape index (κ3) is 3.96. The van der Waals surface area contributed by atoms with Crippen molar-refractivity contribution in [1.82, 2.24) is 0 Å². The van der Waals surface area contributed by atoms with Gasteiger partial charge in [-0.3, -0.25) is 0 Å². The molecule has 1 N–H and O–H groups in total. The van der Waals surface area contributed by atoms with Gasteiger partial charge in [0, 0.05) is 0 Å². The van der Waals surface area contributed by atoms with Gasteiger partial charge in [-0.1, -0.05) is 45.4 Å². The standard InChI is InChI=1S/C16H30O2/c1-2-13-8-6-7-11-16(13)18-12-15(17)14-9-4-3-5-10-14/h13-17H,2-12H2,1H3. The zero-order valence-electron chi connectivity index (χ0n) is 11.9. The van der Waals surface area contributed by atoms with Crippen LogP contribution in [0.15, 0.2) is 0 Å². The second-order valence-electron chi connectivity index (χ2n) is 6.29. The molecule has 0 saturated heterocycles. The molecule has 0 spiro atoms. The van der Waals surface area contributed by atoms with E-state index in [0.717, 1.165) is 5.92 Å². The number of aliphatic hydroxyl groups excluding tert-OH is 1. The molecule has 2 aliphatic carbocycles. The second kappa shape index (κ2) is 7.49. The highest BCUT2D eigenvalue weighted by atomic mass is 16.5. The zero-order valence-corrected chi connectivity index (χ0v) is 11.9. The molecule has 3 unspecified atom stereocenters. The summed E-state index contributed by atoms with van der Waals surface area (Å²) in [5.74, 6) is 1.24. The molecule has 0 amide bonds. The molecule has 2 aliphatic rings. The van der Waals surface area contributed by atoms with Gasteiger partial charge in [-0.2, -0.15) is 0 Å². The first-order valence-corrected chi connectivity index (χ1v) is 8.11. The quantitative estimate of drug-likeness (QED) is 0.806. The van der Waals surface area contributed by atoms with Crippen LogP contribution in [0.25, 0.3) is 0 Å². The van der Waals surface area contributed by atoms with Crippen LogP contribution >= 0.6 is 0 Å². The van der Waals surface area contributed by atoms with E-state index in [-0.39, 0.29) is 6.10 Å². The summed E-state index contributed by atoms with van der Waals surface area (Å²) in [4.78, 5) is 0. The van der Waals surface area contributed by atoms with Crippen molar-refractivity contribution in [3.63, 3.8) is 0 Å². The Labute approximate surface area is 112 Å². The fourth-order valence-electron chi connectivity index (χ4n) is 3.74. The maximum Gasteiger partial charge on any atom is 0.0801 e. The molecule has 0 heterocycles. The highest BCUT2D eigenvalue weighted by Gasteiger charge is 2.27. The van der Waals surface area contributed by atoms with Crippen molar-refractivity contribution in [2.45, 2.75) is 83.3 Å². The Morgan fingerprint density at radius 3 is 2.39 bits per heavy atom. The summed E-state index contributed by atoms with van der Waals surface area (Å²) in [5, 5.41) is 10.2. The molecule has 0 aromatic rings. The smallest absolute Gasteiger partial charge is 0.0801 e. The SMILES string of the molecule is CCC1CCCCC1OCC(O)C1CCCCC1. The van der Waals surface area contributed by atoms with Crippen LogP contribution in [0.5, 0.6) is 0 Å². The van der Waals surface area contributed by atoms with Crippen molar-refractivity contribution in [2.24, 2.45) is 11.8 Å². The van der Waals surface area contributed by atoms with Crippen molar-refractivity contribution in [3.05, 3.63) is 0 Å². The highest BCUT2D eigenvalue weighted by Crippen LogP contribution is 2.31. The van der Waals surface area contributed by atoms with E-state index < -0.39 is 0 Å². The summed E-state index contributed by atoms with van der Waals surface area (Å²) in [5.41, 5.74) is 0. The van der Waals surface area contributed by atoms with E-state index >= 15 is 0 Å². The molecule has 0 bridgehead atoms. The fraction of sp³-hybridized carbons (Fsp3) is 1.00. The van der Waals surface area contributed by atoms with Crippen molar-refractivity contribution in [3.8, 4) is 0 Å². The lowest BCUT2D eigenvalue weighted by Gasteiger charge is -2.33. The van der Waals surface area contributed by atoms with Crippen LogP contribution in [-0.2, 0) is 4.74 Å². The normalized spacial score (nSPS) is 32.3. The number of hydrogen-bond donors (Lipinski definition) is 1. The molecule has 18 heavy (non-hydrogen) atoms. The van der Waals surface area contributed by atoms with Crippen LogP contribution in [0, 0.1) is 11.8 Å². The minimum absolute atomic E-state index is 0.218. The Balaban J connectivity index is 1.71. The largest absolute Gasteiger partial charge is 0.390 e. The molecular weight excluding hydrogens is 224 g/mol. The summed E-state index contributed by atoms with van der Waals surface area (Å²) in [6, 6.07) is 0. The Hall–Kier alpha value is -0.0800. The highest BCUT2D eigenvalue weighted by molar-refractivity contribution is 4.77. The summed E-state index contributed by atoms with van der Waals surface area (Å²) in [6.07, 6.45) is 13.0.